The lowest BCUT2D eigenvalue weighted by Crippen LogP contribution is -2.42. The summed E-state index contributed by atoms with van der Waals surface area (Å²) in [7, 11) is 0. The van der Waals surface area contributed by atoms with Crippen LogP contribution in [0.15, 0.2) is 0 Å². The Morgan fingerprint density at radius 3 is 2.08 bits per heavy atom. The lowest BCUT2D eigenvalue weighted by atomic mass is 10.2. The number of hydrogen-bond acceptors (Lipinski definition) is 3. The van der Waals surface area contributed by atoms with Gasteiger partial charge in [0.1, 0.15) is 0 Å². The van der Waals surface area contributed by atoms with Crippen LogP contribution in [0, 0.1) is 0 Å². The fourth-order valence-corrected chi connectivity index (χ4v) is 0.673. The Morgan fingerprint density at radius 2 is 1.85 bits per heavy atom. The van der Waals surface area contributed by atoms with Crippen molar-refractivity contribution in [2.45, 2.75) is 38.3 Å². The molecule has 0 bridgehead atoms. The lowest BCUT2D eigenvalue weighted by molar-refractivity contribution is -0.231. The highest BCUT2D eigenvalue weighted by Crippen LogP contribution is 2.23. The third-order valence-corrected chi connectivity index (χ3v) is 1.61. The van der Waals surface area contributed by atoms with Crippen molar-refractivity contribution in [2.24, 2.45) is 5.73 Å². The van der Waals surface area contributed by atoms with Crippen LogP contribution in [0.3, 0.4) is 0 Å². The van der Waals surface area contributed by atoms with Crippen molar-refractivity contribution in [3.8, 4) is 0 Å². The van der Waals surface area contributed by atoms with E-state index < -0.39 is 31.0 Å². The molecule has 3 nitrogen and oxygen atoms in total. The zero-order chi connectivity index (χ0) is 10.6. The van der Waals surface area contributed by atoms with Crippen LogP contribution in [0.2, 0.25) is 0 Å². The average molecular weight is 201 g/mol. The second kappa shape index (κ2) is 4.78. The molecule has 0 aliphatic heterocycles. The van der Waals surface area contributed by atoms with Crippen LogP contribution in [-0.2, 0) is 4.74 Å². The monoisotopic (exact) mass is 201 g/mol. The van der Waals surface area contributed by atoms with Gasteiger partial charge in [-0.1, -0.05) is 0 Å². The number of halogens is 3. The highest BCUT2D eigenvalue weighted by atomic mass is 19.4. The number of ether oxygens (including phenoxy) is 1. The molecule has 0 radical (unpaired) electrons. The summed E-state index contributed by atoms with van der Waals surface area (Å²) in [6, 6.07) is -0.630. The van der Waals surface area contributed by atoms with Gasteiger partial charge >= 0.3 is 6.18 Å². The van der Waals surface area contributed by atoms with Crippen molar-refractivity contribution in [1.82, 2.24) is 0 Å². The van der Waals surface area contributed by atoms with Crippen molar-refractivity contribution in [1.29, 1.82) is 0 Å². The number of aliphatic hydroxyl groups is 1. The molecule has 13 heavy (non-hydrogen) atoms. The number of hydrogen-bond donors (Lipinski definition) is 2. The van der Waals surface area contributed by atoms with E-state index in [1.165, 1.54) is 6.92 Å². The quantitative estimate of drug-likeness (QED) is 0.702. The summed E-state index contributed by atoms with van der Waals surface area (Å²) in [6.07, 6.45) is -7.30. The average Bonchev–Trinajstić information content (AvgIpc) is 1.96. The molecule has 0 saturated heterocycles. The molecule has 0 heterocycles. The number of nitrogens with two attached hydrogens (primary N) is 1. The zero-order valence-electron chi connectivity index (χ0n) is 7.51. The maximum atomic E-state index is 12.0. The summed E-state index contributed by atoms with van der Waals surface area (Å²) in [5.74, 6) is 0. The molecule has 3 N–H and O–H groups in total. The van der Waals surface area contributed by atoms with Gasteiger partial charge in [0.2, 0.25) is 0 Å². The van der Waals surface area contributed by atoms with Gasteiger partial charge in [0.05, 0.1) is 12.7 Å². The maximum absolute atomic E-state index is 12.0. The second-order valence-electron chi connectivity index (χ2n) is 2.90. The van der Waals surface area contributed by atoms with Gasteiger partial charge in [-0.25, -0.2) is 0 Å². The largest absolute Gasteiger partial charge is 0.414 e. The van der Waals surface area contributed by atoms with Crippen molar-refractivity contribution >= 4 is 0 Å². The summed E-state index contributed by atoms with van der Waals surface area (Å²) in [4.78, 5) is 0. The third-order valence-electron chi connectivity index (χ3n) is 1.61. The van der Waals surface area contributed by atoms with E-state index in [1.54, 1.807) is 0 Å². The summed E-state index contributed by atoms with van der Waals surface area (Å²) in [5, 5.41) is 8.64. The van der Waals surface area contributed by atoms with Crippen LogP contribution in [0.25, 0.3) is 0 Å². The van der Waals surface area contributed by atoms with Gasteiger partial charge < -0.3 is 15.6 Å². The fourth-order valence-electron chi connectivity index (χ4n) is 0.673. The van der Waals surface area contributed by atoms with Crippen LogP contribution in [0.5, 0.6) is 0 Å². The first-order valence-electron chi connectivity index (χ1n) is 3.87. The van der Waals surface area contributed by atoms with Crippen molar-refractivity contribution < 1.29 is 23.0 Å². The van der Waals surface area contributed by atoms with Crippen LogP contribution in [0.4, 0.5) is 13.2 Å². The first-order chi connectivity index (χ1) is 5.79. The molecule has 0 aromatic rings. The van der Waals surface area contributed by atoms with Crippen LogP contribution in [-0.4, -0.2) is 36.1 Å². The number of aliphatic hydroxyl groups excluding tert-OH is 1. The first kappa shape index (κ1) is 12.7. The SMILES string of the molecule is CC(N)C(CO)OC(C)C(F)(F)F. The van der Waals surface area contributed by atoms with Crippen LogP contribution < -0.4 is 5.73 Å². The molecule has 80 valence electrons. The van der Waals surface area contributed by atoms with Crippen LogP contribution in [0.1, 0.15) is 13.8 Å². The molecular weight excluding hydrogens is 187 g/mol. The predicted octanol–water partition coefficient (Wildman–Crippen LogP) is 0.662. The Balaban J connectivity index is 4.09. The molecule has 0 aliphatic rings. The van der Waals surface area contributed by atoms with Gasteiger partial charge in [0.25, 0.3) is 0 Å². The van der Waals surface area contributed by atoms with E-state index in [9.17, 15) is 13.2 Å². The third kappa shape index (κ3) is 4.44. The van der Waals surface area contributed by atoms with Crippen molar-refractivity contribution in [3.05, 3.63) is 0 Å². The Morgan fingerprint density at radius 1 is 1.38 bits per heavy atom. The highest BCUT2D eigenvalue weighted by molar-refractivity contribution is 4.71. The van der Waals surface area contributed by atoms with E-state index in [0.717, 1.165) is 6.92 Å². The van der Waals surface area contributed by atoms with E-state index in [0.29, 0.717) is 0 Å². The molecule has 3 unspecified atom stereocenters. The lowest BCUT2D eigenvalue weighted by Gasteiger charge is -2.24. The van der Waals surface area contributed by atoms with Crippen molar-refractivity contribution in [3.63, 3.8) is 0 Å². The van der Waals surface area contributed by atoms with Crippen LogP contribution >= 0.6 is 0 Å². The fraction of sp³-hybridized carbons (Fsp3) is 1.00. The van der Waals surface area contributed by atoms with Gasteiger partial charge in [-0.05, 0) is 13.8 Å². The maximum Gasteiger partial charge on any atom is 0.414 e. The normalized spacial score (nSPS) is 19.6. The minimum absolute atomic E-state index is 0.516. The van der Waals surface area contributed by atoms with Gasteiger partial charge in [-0.2, -0.15) is 13.2 Å². The Bertz CT molecular complexity index is 149. The standard InChI is InChI=1S/C7H14F3NO2/c1-4(11)6(3-12)13-5(2)7(8,9)10/h4-6,12H,3,11H2,1-2H3. The molecular formula is C7H14F3NO2. The first-order valence-corrected chi connectivity index (χ1v) is 3.87. The highest BCUT2D eigenvalue weighted by Gasteiger charge is 2.38. The molecule has 0 aromatic carbocycles. The minimum Gasteiger partial charge on any atom is -0.394 e. The number of alkyl halides is 3. The van der Waals surface area contributed by atoms with Gasteiger partial charge in [-0.3, -0.25) is 0 Å². The summed E-state index contributed by atoms with van der Waals surface area (Å²) < 4.78 is 40.4. The Labute approximate surface area is 74.7 Å². The van der Waals surface area contributed by atoms with Crippen molar-refractivity contribution in [2.75, 3.05) is 6.61 Å². The molecule has 6 heteroatoms. The summed E-state index contributed by atoms with van der Waals surface area (Å²) >= 11 is 0. The van der Waals surface area contributed by atoms with E-state index in [2.05, 4.69) is 4.74 Å². The minimum atomic E-state index is -4.41. The topological polar surface area (TPSA) is 55.5 Å². The van der Waals surface area contributed by atoms with E-state index >= 15 is 0 Å². The molecule has 0 aromatic heterocycles. The molecule has 0 fully saturated rings. The molecule has 0 saturated carbocycles. The van der Waals surface area contributed by atoms with Gasteiger partial charge in [0.15, 0.2) is 6.10 Å². The molecule has 0 aliphatic carbocycles. The number of rotatable bonds is 4. The molecule has 0 spiro atoms. The van der Waals surface area contributed by atoms with E-state index in [4.69, 9.17) is 10.8 Å². The Hall–Kier alpha value is -0.330. The smallest absolute Gasteiger partial charge is 0.394 e. The summed E-state index contributed by atoms with van der Waals surface area (Å²) in [5.41, 5.74) is 5.29. The Kier molecular flexibility index (Phi) is 4.66. The van der Waals surface area contributed by atoms with E-state index in [1.807, 2.05) is 0 Å². The predicted molar refractivity (Wildman–Crippen MR) is 41.1 cm³/mol. The molecule has 0 rings (SSSR count). The van der Waals surface area contributed by atoms with E-state index in [-0.39, 0.29) is 0 Å². The molecule has 3 atom stereocenters. The molecule has 0 amide bonds. The van der Waals surface area contributed by atoms with Gasteiger partial charge in [-0.15, -0.1) is 0 Å². The van der Waals surface area contributed by atoms with Gasteiger partial charge in [0, 0.05) is 6.04 Å². The zero-order valence-corrected chi connectivity index (χ0v) is 7.51. The summed E-state index contributed by atoms with van der Waals surface area (Å²) in [6.45, 7) is 1.84. The second-order valence-corrected chi connectivity index (χ2v) is 2.90.